The highest BCUT2D eigenvalue weighted by atomic mass is 16.7. The second kappa shape index (κ2) is 6.72. The standard InChI is InChI=1S/C21H15NO4/c23-20(14-6-2-1-3-7-14)16-8-4-5-9-17(16)22-21(24)15-10-11-18-19(12-15)26-13-25-18/h1-12H,13H2,(H,22,24). The summed E-state index contributed by atoms with van der Waals surface area (Å²) in [7, 11) is 0. The fraction of sp³-hybridized carbons (Fsp3) is 0.0476. The third-order valence-corrected chi connectivity index (χ3v) is 4.09. The molecule has 3 aromatic carbocycles. The summed E-state index contributed by atoms with van der Waals surface area (Å²) in [6, 6.07) is 20.9. The van der Waals surface area contributed by atoms with Gasteiger partial charge in [-0.1, -0.05) is 42.5 Å². The normalized spacial score (nSPS) is 11.8. The lowest BCUT2D eigenvalue weighted by molar-refractivity contribution is 0.102. The van der Waals surface area contributed by atoms with Crippen LogP contribution in [0.25, 0.3) is 0 Å². The summed E-state index contributed by atoms with van der Waals surface area (Å²) in [5, 5.41) is 2.81. The lowest BCUT2D eigenvalue weighted by Gasteiger charge is -2.11. The van der Waals surface area contributed by atoms with E-state index in [-0.39, 0.29) is 18.5 Å². The minimum atomic E-state index is -0.323. The van der Waals surface area contributed by atoms with Crippen LogP contribution in [0.3, 0.4) is 0 Å². The highest BCUT2D eigenvalue weighted by Crippen LogP contribution is 2.32. The van der Waals surface area contributed by atoms with E-state index in [2.05, 4.69) is 5.32 Å². The van der Waals surface area contributed by atoms with Crippen molar-refractivity contribution in [1.29, 1.82) is 0 Å². The van der Waals surface area contributed by atoms with Crippen molar-refractivity contribution >= 4 is 17.4 Å². The third-order valence-electron chi connectivity index (χ3n) is 4.09. The van der Waals surface area contributed by atoms with Crippen LogP contribution in [0, 0.1) is 0 Å². The molecule has 0 atom stereocenters. The second-order valence-electron chi connectivity index (χ2n) is 5.76. The number of hydrogen-bond acceptors (Lipinski definition) is 4. The number of carbonyl (C=O) groups is 2. The van der Waals surface area contributed by atoms with E-state index in [4.69, 9.17) is 9.47 Å². The molecule has 4 rings (SSSR count). The van der Waals surface area contributed by atoms with E-state index in [9.17, 15) is 9.59 Å². The molecule has 1 heterocycles. The molecule has 0 aromatic heterocycles. The van der Waals surface area contributed by atoms with E-state index in [1.807, 2.05) is 6.07 Å². The van der Waals surface area contributed by atoms with Crippen molar-refractivity contribution < 1.29 is 19.1 Å². The van der Waals surface area contributed by atoms with Crippen LogP contribution < -0.4 is 14.8 Å². The maximum absolute atomic E-state index is 12.8. The van der Waals surface area contributed by atoms with Crippen LogP contribution >= 0.6 is 0 Å². The van der Waals surface area contributed by atoms with Gasteiger partial charge in [-0.3, -0.25) is 9.59 Å². The van der Waals surface area contributed by atoms with Gasteiger partial charge in [0.25, 0.3) is 5.91 Å². The van der Waals surface area contributed by atoms with Gasteiger partial charge < -0.3 is 14.8 Å². The molecular weight excluding hydrogens is 330 g/mol. The van der Waals surface area contributed by atoms with Crippen LogP contribution in [0.4, 0.5) is 5.69 Å². The predicted molar refractivity (Wildman–Crippen MR) is 96.8 cm³/mol. The van der Waals surface area contributed by atoms with E-state index >= 15 is 0 Å². The molecule has 0 saturated heterocycles. The molecule has 1 N–H and O–H groups in total. The van der Waals surface area contributed by atoms with Crippen molar-refractivity contribution in [1.82, 2.24) is 0 Å². The molecule has 0 radical (unpaired) electrons. The number of ether oxygens (including phenoxy) is 2. The summed E-state index contributed by atoms with van der Waals surface area (Å²) in [4.78, 5) is 25.4. The molecule has 0 saturated carbocycles. The van der Waals surface area contributed by atoms with E-state index in [0.717, 1.165) is 0 Å². The van der Waals surface area contributed by atoms with Gasteiger partial charge in [-0.2, -0.15) is 0 Å². The number of hydrogen-bond donors (Lipinski definition) is 1. The quantitative estimate of drug-likeness (QED) is 0.729. The van der Waals surface area contributed by atoms with Crippen molar-refractivity contribution in [3.05, 3.63) is 89.5 Å². The zero-order valence-corrected chi connectivity index (χ0v) is 13.8. The van der Waals surface area contributed by atoms with Gasteiger partial charge in [-0.25, -0.2) is 0 Å². The Balaban J connectivity index is 1.61. The highest BCUT2D eigenvalue weighted by Gasteiger charge is 2.18. The Hall–Kier alpha value is -3.60. The fourth-order valence-electron chi connectivity index (χ4n) is 2.77. The predicted octanol–water partition coefficient (Wildman–Crippen LogP) is 3.90. The lowest BCUT2D eigenvalue weighted by atomic mass is 10.0. The van der Waals surface area contributed by atoms with Gasteiger partial charge in [0, 0.05) is 16.7 Å². The van der Waals surface area contributed by atoms with Crippen molar-refractivity contribution in [2.75, 3.05) is 12.1 Å². The summed E-state index contributed by atoms with van der Waals surface area (Å²) < 4.78 is 10.6. The maximum Gasteiger partial charge on any atom is 0.255 e. The molecule has 26 heavy (non-hydrogen) atoms. The number of carbonyl (C=O) groups excluding carboxylic acids is 2. The molecule has 0 aliphatic carbocycles. The summed E-state index contributed by atoms with van der Waals surface area (Å²) in [5.74, 6) is 0.677. The van der Waals surface area contributed by atoms with Crippen LogP contribution in [-0.4, -0.2) is 18.5 Å². The highest BCUT2D eigenvalue weighted by molar-refractivity contribution is 6.15. The Morgan fingerprint density at radius 2 is 1.50 bits per heavy atom. The first kappa shape index (κ1) is 15.9. The van der Waals surface area contributed by atoms with Crippen molar-refractivity contribution in [2.24, 2.45) is 0 Å². The molecule has 1 amide bonds. The Morgan fingerprint density at radius 1 is 0.769 bits per heavy atom. The SMILES string of the molecule is O=C(Nc1ccccc1C(=O)c1ccccc1)c1ccc2c(c1)OCO2. The summed E-state index contributed by atoms with van der Waals surface area (Å²) in [6.07, 6.45) is 0. The molecule has 0 spiro atoms. The van der Waals surface area contributed by atoms with E-state index in [0.29, 0.717) is 33.9 Å². The Labute approximate surface area is 150 Å². The molecule has 1 aliphatic heterocycles. The zero-order chi connectivity index (χ0) is 17.9. The summed E-state index contributed by atoms with van der Waals surface area (Å²) in [6.45, 7) is 0.148. The van der Waals surface area contributed by atoms with E-state index in [1.54, 1.807) is 66.7 Å². The lowest BCUT2D eigenvalue weighted by Crippen LogP contribution is -2.15. The molecule has 1 aliphatic rings. The topological polar surface area (TPSA) is 64.6 Å². The first-order valence-corrected chi connectivity index (χ1v) is 8.12. The first-order valence-electron chi connectivity index (χ1n) is 8.12. The number of fused-ring (bicyclic) bond motifs is 1. The van der Waals surface area contributed by atoms with Gasteiger partial charge in [0.15, 0.2) is 17.3 Å². The number of amides is 1. The molecule has 0 bridgehead atoms. The number of ketones is 1. The summed E-state index contributed by atoms with van der Waals surface area (Å²) >= 11 is 0. The van der Waals surface area contributed by atoms with Crippen LogP contribution in [0.1, 0.15) is 26.3 Å². The molecular formula is C21H15NO4. The fourth-order valence-corrected chi connectivity index (χ4v) is 2.77. The number of para-hydroxylation sites is 1. The molecule has 0 unspecified atom stereocenters. The molecule has 5 heteroatoms. The van der Waals surface area contributed by atoms with Crippen LogP contribution in [0.2, 0.25) is 0 Å². The number of anilines is 1. The number of rotatable bonds is 4. The average molecular weight is 345 g/mol. The van der Waals surface area contributed by atoms with Crippen LogP contribution in [0.15, 0.2) is 72.8 Å². The minimum absolute atomic E-state index is 0.146. The van der Waals surface area contributed by atoms with Crippen molar-refractivity contribution in [2.45, 2.75) is 0 Å². The maximum atomic E-state index is 12.8. The van der Waals surface area contributed by atoms with E-state index < -0.39 is 0 Å². The van der Waals surface area contributed by atoms with E-state index in [1.165, 1.54) is 0 Å². The second-order valence-corrected chi connectivity index (χ2v) is 5.76. The average Bonchev–Trinajstić information content (AvgIpc) is 3.16. The van der Waals surface area contributed by atoms with Gasteiger partial charge in [0.05, 0.1) is 5.69 Å². The molecule has 5 nitrogen and oxygen atoms in total. The Kier molecular flexibility index (Phi) is 4.11. The van der Waals surface area contributed by atoms with Crippen molar-refractivity contribution in [3.8, 4) is 11.5 Å². The van der Waals surface area contributed by atoms with Gasteiger partial charge >= 0.3 is 0 Å². The zero-order valence-electron chi connectivity index (χ0n) is 13.8. The first-order chi connectivity index (χ1) is 12.7. The monoisotopic (exact) mass is 345 g/mol. The molecule has 128 valence electrons. The number of benzene rings is 3. The van der Waals surface area contributed by atoms with Crippen LogP contribution in [-0.2, 0) is 0 Å². The van der Waals surface area contributed by atoms with Gasteiger partial charge in [-0.05, 0) is 30.3 Å². The Bertz CT molecular complexity index is 982. The van der Waals surface area contributed by atoms with Gasteiger partial charge in [-0.15, -0.1) is 0 Å². The smallest absolute Gasteiger partial charge is 0.255 e. The van der Waals surface area contributed by atoms with Gasteiger partial charge in [0.2, 0.25) is 6.79 Å². The minimum Gasteiger partial charge on any atom is -0.454 e. The number of nitrogens with one attached hydrogen (secondary N) is 1. The molecule has 0 fully saturated rings. The third kappa shape index (κ3) is 3.02. The Morgan fingerprint density at radius 3 is 2.35 bits per heavy atom. The molecule has 3 aromatic rings. The summed E-state index contributed by atoms with van der Waals surface area (Å²) in [5.41, 5.74) is 1.89. The van der Waals surface area contributed by atoms with Crippen LogP contribution in [0.5, 0.6) is 11.5 Å². The van der Waals surface area contributed by atoms with Crippen molar-refractivity contribution in [3.63, 3.8) is 0 Å². The largest absolute Gasteiger partial charge is 0.454 e. The van der Waals surface area contributed by atoms with Gasteiger partial charge in [0.1, 0.15) is 0 Å².